The summed E-state index contributed by atoms with van der Waals surface area (Å²) in [6.45, 7) is 1.28. The second-order valence-corrected chi connectivity index (χ2v) is 4.67. The fourth-order valence-corrected chi connectivity index (χ4v) is 2.21. The molecular weight excluding hydrogens is 248 g/mol. The van der Waals surface area contributed by atoms with E-state index in [9.17, 15) is 4.79 Å². The lowest BCUT2D eigenvalue weighted by molar-refractivity contribution is -0.118. The fourth-order valence-electron chi connectivity index (χ4n) is 2.21. The van der Waals surface area contributed by atoms with Crippen molar-refractivity contribution in [3.63, 3.8) is 0 Å². The Morgan fingerprint density at radius 1 is 1.47 bits per heavy atom. The number of fused-ring (bicyclic) bond motifs is 1. The molecule has 102 valence electrons. The summed E-state index contributed by atoms with van der Waals surface area (Å²) in [4.78, 5) is 11.3. The number of hydrogen-bond donors (Lipinski definition) is 2. The Balaban J connectivity index is 1.73. The first-order chi connectivity index (χ1) is 9.22. The Kier molecular flexibility index (Phi) is 3.16. The van der Waals surface area contributed by atoms with Crippen LogP contribution < -0.4 is 20.5 Å². The zero-order chi connectivity index (χ0) is 13.2. The molecule has 0 spiro atoms. The number of carbonyl (C=O) groups is 1. The van der Waals surface area contributed by atoms with E-state index in [4.69, 9.17) is 19.9 Å². The summed E-state index contributed by atoms with van der Waals surface area (Å²) in [6.07, 6.45) is 2.20. The summed E-state index contributed by atoms with van der Waals surface area (Å²) < 4.78 is 16.4. The molecule has 2 aliphatic rings. The molecule has 1 unspecified atom stereocenters. The van der Waals surface area contributed by atoms with E-state index < -0.39 is 0 Å². The summed E-state index contributed by atoms with van der Waals surface area (Å²) in [7, 11) is 0. The molecule has 1 saturated heterocycles. The highest BCUT2D eigenvalue weighted by Gasteiger charge is 2.20. The summed E-state index contributed by atoms with van der Waals surface area (Å²) in [6, 6.07) is 3.36. The fraction of sp³-hybridized carbons (Fsp3) is 0.462. The number of amides is 1. The molecule has 19 heavy (non-hydrogen) atoms. The minimum absolute atomic E-state index is 0.0164. The summed E-state index contributed by atoms with van der Waals surface area (Å²) in [5.41, 5.74) is 6.99. The van der Waals surface area contributed by atoms with E-state index in [1.165, 1.54) is 0 Å². The van der Waals surface area contributed by atoms with Crippen molar-refractivity contribution in [1.82, 2.24) is 0 Å². The highest BCUT2D eigenvalue weighted by Crippen LogP contribution is 2.36. The minimum Gasteiger partial charge on any atom is -0.489 e. The molecular formula is C13H16N2O4. The highest BCUT2D eigenvalue weighted by atomic mass is 16.5. The third-order valence-electron chi connectivity index (χ3n) is 3.19. The predicted molar refractivity (Wildman–Crippen MR) is 69.4 cm³/mol. The zero-order valence-corrected chi connectivity index (χ0v) is 10.5. The second kappa shape index (κ2) is 4.97. The van der Waals surface area contributed by atoms with Crippen molar-refractivity contribution in [3.05, 3.63) is 12.1 Å². The van der Waals surface area contributed by atoms with Crippen LogP contribution in [0.4, 0.5) is 11.4 Å². The normalized spacial score (nSPS) is 21.5. The SMILES string of the molecule is Nc1cc2c(cc1OCC1CCCO1)NC(=O)CO2. The molecule has 0 bridgehead atoms. The standard InChI is InChI=1S/C13H16N2O4/c14-9-4-12-10(15-13(16)7-19-12)5-11(9)18-6-8-2-1-3-17-8/h4-5,8H,1-3,6-7,14H2,(H,15,16). The smallest absolute Gasteiger partial charge is 0.262 e. The lowest BCUT2D eigenvalue weighted by atomic mass is 10.2. The van der Waals surface area contributed by atoms with Gasteiger partial charge in [-0.15, -0.1) is 0 Å². The zero-order valence-electron chi connectivity index (χ0n) is 10.5. The average Bonchev–Trinajstić information content (AvgIpc) is 2.90. The van der Waals surface area contributed by atoms with Crippen molar-refractivity contribution >= 4 is 17.3 Å². The quantitative estimate of drug-likeness (QED) is 0.800. The average molecular weight is 264 g/mol. The molecule has 0 radical (unpaired) electrons. The number of nitrogens with one attached hydrogen (secondary N) is 1. The van der Waals surface area contributed by atoms with E-state index in [0.29, 0.717) is 29.5 Å². The number of carbonyl (C=O) groups excluding carboxylic acids is 1. The predicted octanol–water partition coefficient (Wildman–Crippen LogP) is 1.16. The van der Waals surface area contributed by atoms with Crippen LogP contribution >= 0.6 is 0 Å². The van der Waals surface area contributed by atoms with Gasteiger partial charge in [-0.3, -0.25) is 4.79 Å². The molecule has 1 fully saturated rings. The Morgan fingerprint density at radius 3 is 3.16 bits per heavy atom. The molecule has 3 N–H and O–H groups in total. The molecule has 6 heteroatoms. The summed E-state index contributed by atoms with van der Waals surface area (Å²) in [5.74, 6) is 0.934. The maximum atomic E-state index is 11.3. The molecule has 1 aromatic carbocycles. The van der Waals surface area contributed by atoms with E-state index in [1.807, 2.05) is 0 Å². The van der Waals surface area contributed by atoms with Crippen molar-refractivity contribution in [1.29, 1.82) is 0 Å². The number of rotatable bonds is 3. The Bertz CT molecular complexity index is 498. The number of ether oxygens (including phenoxy) is 3. The van der Waals surface area contributed by atoms with E-state index in [2.05, 4.69) is 5.32 Å². The van der Waals surface area contributed by atoms with Gasteiger partial charge in [0.25, 0.3) is 5.91 Å². The van der Waals surface area contributed by atoms with Gasteiger partial charge in [-0.05, 0) is 12.8 Å². The van der Waals surface area contributed by atoms with Crippen LogP contribution in [0.15, 0.2) is 12.1 Å². The number of benzene rings is 1. The number of nitrogens with two attached hydrogens (primary N) is 1. The van der Waals surface area contributed by atoms with Gasteiger partial charge in [-0.1, -0.05) is 0 Å². The molecule has 0 saturated carbocycles. The highest BCUT2D eigenvalue weighted by molar-refractivity contribution is 5.96. The van der Waals surface area contributed by atoms with Crippen LogP contribution in [-0.2, 0) is 9.53 Å². The first kappa shape index (κ1) is 12.1. The summed E-state index contributed by atoms with van der Waals surface area (Å²) >= 11 is 0. The van der Waals surface area contributed by atoms with Gasteiger partial charge in [0.1, 0.15) is 18.1 Å². The van der Waals surface area contributed by atoms with Crippen molar-refractivity contribution in [3.8, 4) is 11.5 Å². The van der Waals surface area contributed by atoms with Gasteiger partial charge in [0, 0.05) is 18.7 Å². The van der Waals surface area contributed by atoms with E-state index in [0.717, 1.165) is 19.4 Å². The van der Waals surface area contributed by atoms with Crippen molar-refractivity contribution in [2.75, 3.05) is 30.9 Å². The first-order valence-electron chi connectivity index (χ1n) is 6.33. The second-order valence-electron chi connectivity index (χ2n) is 4.67. The van der Waals surface area contributed by atoms with Gasteiger partial charge in [-0.2, -0.15) is 0 Å². The van der Waals surface area contributed by atoms with Crippen LogP contribution in [0.5, 0.6) is 11.5 Å². The molecule has 1 atom stereocenters. The van der Waals surface area contributed by atoms with Gasteiger partial charge < -0.3 is 25.3 Å². The lowest BCUT2D eigenvalue weighted by Crippen LogP contribution is -2.25. The molecule has 0 aromatic heterocycles. The Morgan fingerprint density at radius 2 is 2.37 bits per heavy atom. The van der Waals surface area contributed by atoms with Crippen molar-refractivity contribution in [2.24, 2.45) is 0 Å². The molecule has 1 aromatic rings. The van der Waals surface area contributed by atoms with E-state index >= 15 is 0 Å². The van der Waals surface area contributed by atoms with Gasteiger partial charge in [0.2, 0.25) is 0 Å². The number of anilines is 2. The molecule has 2 aliphatic heterocycles. The van der Waals surface area contributed by atoms with Crippen molar-refractivity contribution in [2.45, 2.75) is 18.9 Å². The summed E-state index contributed by atoms with van der Waals surface area (Å²) in [5, 5.41) is 2.72. The largest absolute Gasteiger partial charge is 0.489 e. The van der Waals surface area contributed by atoms with Crippen LogP contribution in [0.3, 0.4) is 0 Å². The lowest BCUT2D eigenvalue weighted by Gasteiger charge is -2.20. The maximum Gasteiger partial charge on any atom is 0.262 e. The third kappa shape index (κ3) is 2.58. The topological polar surface area (TPSA) is 82.8 Å². The third-order valence-corrected chi connectivity index (χ3v) is 3.19. The number of hydrogen-bond acceptors (Lipinski definition) is 5. The van der Waals surface area contributed by atoms with E-state index in [-0.39, 0.29) is 18.6 Å². The van der Waals surface area contributed by atoms with Crippen LogP contribution in [-0.4, -0.2) is 31.8 Å². The molecule has 3 rings (SSSR count). The maximum absolute atomic E-state index is 11.3. The molecule has 1 amide bonds. The van der Waals surface area contributed by atoms with Crippen LogP contribution in [0.25, 0.3) is 0 Å². The molecule has 0 aliphatic carbocycles. The van der Waals surface area contributed by atoms with Crippen LogP contribution in [0.2, 0.25) is 0 Å². The molecule has 2 heterocycles. The Hall–Kier alpha value is -1.95. The minimum atomic E-state index is -0.178. The van der Waals surface area contributed by atoms with Gasteiger partial charge in [0.15, 0.2) is 6.61 Å². The Labute approximate surface area is 110 Å². The monoisotopic (exact) mass is 264 g/mol. The van der Waals surface area contributed by atoms with Crippen LogP contribution in [0, 0.1) is 0 Å². The van der Waals surface area contributed by atoms with Gasteiger partial charge in [0.05, 0.1) is 17.5 Å². The number of nitrogen functional groups attached to an aromatic ring is 1. The van der Waals surface area contributed by atoms with Crippen LogP contribution in [0.1, 0.15) is 12.8 Å². The molecule has 6 nitrogen and oxygen atoms in total. The van der Waals surface area contributed by atoms with Gasteiger partial charge >= 0.3 is 0 Å². The van der Waals surface area contributed by atoms with E-state index in [1.54, 1.807) is 12.1 Å². The van der Waals surface area contributed by atoms with Gasteiger partial charge in [-0.25, -0.2) is 0 Å². The first-order valence-corrected chi connectivity index (χ1v) is 6.33. The van der Waals surface area contributed by atoms with Crippen molar-refractivity contribution < 1.29 is 19.0 Å².